The first-order chi connectivity index (χ1) is 16.2. The first-order valence-electron chi connectivity index (χ1n) is 11.0. The summed E-state index contributed by atoms with van der Waals surface area (Å²) in [6.07, 6.45) is 1.74. The molecule has 0 saturated heterocycles. The van der Waals surface area contributed by atoms with E-state index in [-0.39, 0.29) is 18.5 Å². The third kappa shape index (κ3) is 8.00. The number of halogens is 3. The van der Waals surface area contributed by atoms with E-state index in [0.29, 0.717) is 38.3 Å². The molecule has 0 aliphatic carbocycles. The normalized spacial score (nSPS) is 13.1. The van der Waals surface area contributed by atoms with E-state index in [0.717, 1.165) is 10.6 Å². The molecule has 0 spiro atoms. The van der Waals surface area contributed by atoms with Crippen LogP contribution >= 0.6 is 34.8 Å². The molecule has 0 aliphatic heterocycles. The second-order valence-electron chi connectivity index (χ2n) is 8.45. The Morgan fingerprint density at radius 1 is 1.03 bits per heavy atom. The molecule has 7 nitrogen and oxygen atoms in total. The molecule has 0 aliphatic rings. The molecule has 1 N–H and O–H groups in total. The Morgan fingerprint density at radius 2 is 1.63 bits per heavy atom. The molecule has 0 fully saturated rings. The molecular formula is C24H30Cl3N3O4S. The van der Waals surface area contributed by atoms with E-state index >= 15 is 0 Å². The highest BCUT2D eigenvalue weighted by molar-refractivity contribution is 7.92. The van der Waals surface area contributed by atoms with Crippen molar-refractivity contribution in [2.75, 3.05) is 17.1 Å². The predicted molar refractivity (Wildman–Crippen MR) is 143 cm³/mol. The maximum atomic E-state index is 13.6. The number of anilines is 1. The Hall–Kier alpha value is -2.00. The van der Waals surface area contributed by atoms with E-state index < -0.39 is 28.5 Å². The number of rotatable bonds is 10. The van der Waals surface area contributed by atoms with Crippen LogP contribution < -0.4 is 9.62 Å². The number of nitrogens with one attached hydrogen (secondary N) is 1. The van der Waals surface area contributed by atoms with Crippen molar-refractivity contribution in [1.82, 2.24) is 10.2 Å². The first-order valence-corrected chi connectivity index (χ1v) is 14.0. The van der Waals surface area contributed by atoms with Crippen molar-refractivity contribution >= 4 is 62.3 Å². The van der Waals surface area contributed by atoms with E-state index in [1.54, 1.807) is 50.2 Å². The zero-order valence-corrected chi connectivity index (χ0v) is 23.4. The molecule has 0 aromatic heterocycles. The Kier molecular flexibility index (Phi) is 10.3. The number of sulfonamides is 1. The molecule has 0 radical (unpaired) electrons. The Morgan fingerprint density at radius 3 is 2.17 bits per heavy atom. The summed E-state index contributed by atoms with van der Waals surface area (Å²) in [7, 11) is -3.84. The fourth-order valence-corrected chi connectivity index (χ4v) is 4.98. The van der Waals surface area contributed by atoms with Crippen molar-refractivity contribution < 1.29 is 18.0 Å². The predicted octanol–water partition coefficient (Wildman–Crippen LogP) is 5.05. The van der Waals surface area contributed by atoms with E-state index in [9.17, 15) is 18.0 Å². The molecule has 35 heavy (non-hydrogen) atoms. The highest BCUT2D eigenvalue weighted by atomic mass is 35.5. The minimum Gasteiger partial charge on any atom is -0.352 e. The van der Waals surface area contributed by atoms with Gasteiger partial charge in [0.25, 0.3) is 0 Å². The molecule has 2 atom stereocenters. The van der Waals surface area contributed by atoms with Crippen LogP contribution in [0.1, 0.15) is 38.3 Å². The maximum absolute atomic E-state index is 13.6. The SMILES string of the molecule is CCC(C)NC(=O)C(C)N(Cc1ccc(Cl)cc1Cl)C(=O)CN(c1ccc(Cl)cc1C)S(C)(=O)=O. The van der Waals surface area contributed by atoms with Crippen LogP contribution in [-0.4, -0.2) is 50.0 Å². The lowest BCUT2D eigenvalue weighted by atomic mass is 10.1. The van der Waals surface area contributed by atoms with Gasteiger partial charge in [0.2, 0.25) is 21.8 Å². The van der Waals surface area contributed by atoms with Crippen molar-refractivity contribution in [3.05, 3.63) is 62.6 Å². The van der Waals surface area contributed by atoms with Crippen molar-refractivity contribution in [3.63, 3.8) is 0 Å². The lowest BCUT2D eigenvalue weighted by molar-refractivity contribution is -0.139. The Balaban J connectivity index is 2.45. The van der Waals surface area contributed by atoms with Gasteiger partial charge in [0.15, 0.2) is 0 Å². The molecule has 192 valence electrons. The number of hydrogen-bond donors (Lipinski definition) is 1. The van der Waals surface area contributed by atoms with Gasteiger partial charge in [-0.3, -0.25) is 13.9 Å². The zero-order valence-electron chi connectivity index (χ0n) is 20.3. The van der Waals surface area contributed by atoms with Crippen LogP contribution in [0.5, 0.6) is 0 Å². The molecule has 2 aromatic rings. The molecule has 2 rings (SSSR count). The van der Waals surface area contributed by atoms with Gasteiger partial charge < -0.3 is 10.2 Å². The second kappa shape index (κ2) is 12.3. The third-order valence-electron chi connectivity index (χ3n) is 5.63. The minimum absolute atomic E-state index is 0.0128. The van der Waals surface area contributed by atoms with Crippen LogP contribution in [0, 0.1) is 6.92 Å². The van der Waals surface area contributed by atoms with E-state index in [4.69, 9.17) is 34.8 Å². The quantitative estimate of drug-likeness (QED) is 0.439. The number of aryl methyl sites for hydroxylation is 1. The van der Waals surface area contributed by atoms with Gasteiger partial charge in [0, 0.05) is 27.7 Å². The summed E-state index contributed by atoms with van der Waals surface area (Å²) in [6, 6.07) is 8.58. The molecule has 0 saturated carbocycles. The molecule has 0 bridgehead atoms. The highest BCUT2D eigenvalue weighted by Crippen LogP contribution is 2.27. The third-order valence-corrected chi connectivity index (χ3v) is 7.58. The number of benzene rings is 2. The molecule has 11 heteroatoms. The number of carbonyl (C=O) groups is 2. The maximum Gasteiger partial charge on any atom is 0.244 e. The van der Waals surface area contributed by atoms with Crippen molar-refractivity contribution in [1.29, 1.82) is 0 Å². The average Bonchev–Trinajstić information content (AvgIpc) is 2.76. The Bertz CT molecular complexity index is 1190. The number of nitrogens with zero attached hydrogens (tertiary/aromatic N) is 2. The largest absolute Gasteiger partial charge is 0.352 e. The summed E-state index contributed by atoms with van der Waals surface area (Å²) in [5.41, 5.74) is 1.48. The molecule has 0 heterocycles. The van der Waals surface area contributed by atoms with Gasteiger partial charge in [-0.2, -0.15) is 0 Å². The monoisotopic (exact) mass is 561 g/mol. The van der Waals surface area contributed by atoms with Gasteiger partial charge >= 0.3 is 0 Å². The number of carbonyl (C=O) groups excluding carboxylic acids is 2. The lowest BCUT2D eigenvalue weighted by Gasteiger charge is -2.32. The van der Waals surface area contributed by atoms with Crippen LogP contribution in [0.3, 0.4) is 0 Å². The summed E-state index contributed by atoms with van der Waals surface area (Å²) in [6.45, 7) is 6.58. The summed E-state index contributed by atoms with van der Waals surface area (Å²) in [5, 5.41) is 4.08. The summed E-state index contributed by atoms with van der Waals surface area (Å²) in [5.74, 6) is -0.922. The van der Waals surface area contributed by atoms with Gasteiger partial charge in [-0.15, -0.1) is 0 Å². The number of hydrogen-bond acceptors (Lipinski definition) is 4. The van der Waals surface area contributed by atoms with Gasteiger partial charge in [0.1, 0.15) is 12.6 Å². The summed E-state index contributed by atoms with van der Waals surface area (Å²) < 4.78 is 26.4. The van der Waals surface area contributed by atoms with Crippen LogP contribution in [-0.2, 0) is 26.2 Å². The average molecular weight is 563 g/mol. The van der Waals surface area contributed by atoms with Crippen LogP contribution in [0.15, 0.2) is 36.4 Å². The fraction of sp³-hybridized carbons (Fsp3) is 0.417. The summed E-state index contributed by atoms with van der Waals surface area (Å²) >= 11 is 18.4. The molecule has 2 unspecified atom stereocenters. The van der Waals surface area contributed by atoms with Crippen LogP contribution in [0.4, 0.5) is 5.69 Å². The van der Waals surface area contributed by atoms with Crippen LogP contribution in [0.2, 0.25) is 15.1 Å². The van der Waals surface area contributed by atoms with E-state index in [1.165, 1.54) is 4.90 Å². The minimum atomic E-state index is -3.84. The molecule has 2 amide bonds. The van der Waals surface area contributed by atoms with E-state index in [2.05, 4.69) is 5.32 Å². The van der Waals surface area contributed by atoms with Gasteiger partial charge in [-0.05, 0) is 68.7 Å². The number of amides is 2. The van der Waals surface area contributed by atoms with Crippen molar-refractivity contribution in [2.24, 2.45) is 0 Å². The smallest absolute Gasteiger partial charge is 0.244 e. The fourth-order valence-electron chi connectivity index (χ4n) is 3.38. The first kappa shape index (κ1) is 29.2. The van der Waals surface area contributed by atoms with Crippen LogP contribution in [0.25, 0.3) is 0 Å². The zero-order chi connectivity index (χ0) is 26.5. The summed E-state index contributed by atoms with van der Waals surface area (Å²) in [4.78, 5) is 27.8. The Labute approximate surface area is 222 Å². The molecular weight excluding hydrogens is 533 g/mol. The second-order valence-corrected chi connectivity index (χ2v) is 11.6. The van der Waals surface area contributed by atoms with Gasteiger partial charge in [0.05, 0.1) is 11.9 Å². The highest BCUT2D eigenvalue weighted by Gasteiger charge is 2.31. The standard InChI is InChI=1S/C24H30Cl3N3O4S/c1-6-16(3)28-24(32)17(4)29(13-18-7-8-20(26)12-21(18)27)23(31)14-30(35(5,33)34)22-10-9-19(25)11-15(22)2/h7-12,16-17H,6,13-14H2,1-5H3,(H,28,32). The topological polar surface area (TPSA) is 86.8 Å². The van der Waals surface area contributed by atoms with Crippen molar-refractivity contribution in [3.8, 4) is 0 Å². The lowest BCUT2D eigenvalue weighted by Crippen LogP contribution is -2.52. The molecule has 2 aromatic carbocycles. The van der Waals surface area contributed by atoms with E-state index in [1.807, 2.05) is 13.8 Å². The van der Waals surface area contributed by atoms with Gasteiger partial charge in [-0.25, -0.2) is 8.42 Å². The van der Waals surface area contributed by atoms with Gasteiger partial charge in [-0.1, -0.05) is 47.8 Å². The van der Waals surface area contributed by atoms with Crippen molar-refractivity contribution in [2.45, 2.75) is 52.7 Å².